The Morgan fingerprint density at radius 3 is 2.61 bits per heavy atom. The van der Waals surface area contributed by atoms with Crippen molar-refractivity contribution in [1.29, 1.82) is 0 Å². The Balaban J connectivity index is 2.24. The molecule has 1 fully saturated rings. The lowest BCUT2D eigenvalue weighted by molar-refractivity contribution is 0.101. The van der Waals surface area contributed by atoms with Crippen LogP contribution >= 0.6 is 0 Å². The molecule has 0 N–H and O–H groups in total. The van der Waals surface area contributed by atoms with Gasteiger partial charge in [-0.15, -0.1) is 0 Å². The SMILES string of the molecule is CC(=O)c1ccccc1N1CCCC(C)(C)CC1. The van der Waals surface area contributed by atoms with Crippen molar-refractivity contribution in [3.8, 4) is 0 Å². The van der Waals surface area contributed by atoms with Gasteiger partial charge in [-0.3, -0.25) is 4.79 Å². The third-order valence-corrected chi connectivity index (χ3v) is 3.96. The monoisotopic (exact) mass is 245 g/mol. The van der Waals surface area contributed by atoms with Crippen molar-refractivity contribution < 1.29 is 4.79 Å². The van der Waals surface area contributed by atoms with Crippen LogP contribution in [0.2, 0.25) is 0 Å². The fourth-order valence-corrected chi connectivity index (χ4v) is 2.71. The van der Waals surface area contributed by atoms with Crippen LogP contribution in [-0.4, -0.2) is 18.9 Å². The van der Waals surface area contributed by atoms with E-state index in [9.17, 15) is 4.79 Å². The third-order valence-electron chi connectivity index (χ3n) is 3.96. The summed E-state index contributed by atoms with van der Waals surface area (Å²) in [5, 5.41) is 0. The van der Waals surface area contributed by atoms with Crippen molar-refractivity contribution in [3.63, 3.8) is 0 Å². The lowest BCUT2D eigenvalue weighted by Crippen LogP contribution is -2.26. The first kappa shape index (κ1) is 13.1. The van der Waals surface area contributed by atoms with E-state index in [1.165, 1.54) is 19.3 Å². The molecule has 1 saturated heterocycles. The van der Waals surface area contributed by atoms with Crippen molar-refractivity contribution in [2.24, 2.45) is 5.41 Å². The highest BCUT2D eigenvalue weighted by Gasteiger charge is 2.24. The van der Waals surface area contributed by atoms with Gasteiger partial charge in [0.15, 0.2) is 5.78 Å². The number of ketones is 1. The maximum Gasteiger partial charge on any atom is 0.161 e. The van der Waals surface area contributed by atoms with Crippen molar-refractivity contribution in [3.05, 3.63) is 29.8 Å². The number of anilines is 1. The molecule has 0 aliphatic carbocycles. The van der Waals surface area contributed by atoms with Gasteiger partial charge in [0.2, 0.25) is 0 Å². The summed E-state index contributed by atoms with van der Waals surface area (Å²) in [5.74, 6) is 0.161. The number of para-hydroxylation sites is 1. The van der Waals surface area contributed by atoms with E-state index in [0.717, 1.165) is 24.3 Å². The average molecular weight is 245 g/mol. The van der Waals surface area contributed by atoms with E-state index in [-0.39, 0.29) is 5.78 Å². The predicted molar refractivity (Wildman–Crippen MR) is 76.3 cm³/mol. The Morgan fingerprint density at radius 2 is 1.89 bits per heavy atom. The molecule has 2 heteroatoms. The van der Waals surface area contributed by atoms with Gasteiger partial charge in [-0.2, -0.15) is 0 Å². The Morgan fingerprint density at radius 1 is 1.17 bits per heavy atom. The second-order valence-corrected chi connectivity index (χ2v) is 6.08. The number of carbonyl (C=O) groups excluding carboxylic acids is 1. The first-order chi connectivity index (χ1) is 8.49. The van der Waals surface area contributed by atoms with Gasteiger partial charge in [-0.25, -0.2) is 0 Å². The van der Waals surface area contributed by atoms with E-state index >= 15 is 0 Å². The van der Waals surface area contributed by atoms with Crippen LogP contribution in [0.1, 0.15) is 50.4 Å². The second-order valence-electron chi connectivity index (χ2n) is 6.08. The molecule has 0 bridgehead atoms. The average Bonchev–Trinajstić information content (AvgIpc) is 2.50. The number of carbonyl (C=O) groups is 1. The molecule has 2 rings (SSSR count). The Bertz CT molecular complexity index is 436. The van der Waals surface area contributed by atoms with Gasteiger partial charge in [0.25, 0.3) is 0 Å². The third kappa shape index (κ3) is 2.92. The number of rotatable bonds is 2. The van der Waals surface area contributed by atoms with Gasteiger partial charge >= 0.3 is 0 Å². The summed E-state index contributed by atoms with van der Waals surface area (Å²) in [6.45, 7) is 8.45. The van der Waals surface area contributed by atoms with Gasteiger partial charge in [0, 0.05) is 24.3 Å². The largest absolute Gasteiger partial charge is 0.371 e. The zero-order valence-electron chi connectivity index (χ0n) is 11.7. The van der Waals surface area contributed by atoms with Crippen LogP contribution in [-0.2, 0) is 0 Å². The Labute approximate surface area is 110 Å². The zero-order valence-corrected chi connectivity index (χ0v) is 11.7. The van der Waals surface area contributed by atoms with Crippen molar-refractivity contribution >= 4 is 11.5 Å². The molecule has 1 aromatic carbocycles. The molecule has 0 radical (unpaired) electrons. The highest BCUT2D eigenvalue weighted by atomic mass is 16.1. The number of hydrogen-bond acceptors (Lipinski definition) is 2. The van der Waals surface area contributed by atoms with E-state index in [0.29, 0.717) is 5.41 Å². The minimum atomic E-state index is 0.161. The molecule has 1 aliphatic heterocycles. The molecule has 18 heavy (non-hydrogen) atoms. The maximum absolute atomic E-state index is 11.7. The number of benzene rings is 1. The van der Waals surface area contributed by atoms with Gasteiger partial charge in [0.1, 0.15) is 0 Å². The number of nitrogens with zero attached hydrogens (tertiary/aromatic N) is 1. The molecule has 1 aliphatic rings. The molecular weight excluding hydrogens is 222 g/mol. The standard InChI is InChI=1S/C16H23NO/c1-13(18)14-7-4-5-8-15(14)17-11-6-9-16(2,3)10-12-17/h4-5,7-8H,6,9-12H2,1-3H3. The molecular formula is C16H23NO. The normalized spacial score (nSPS) is 19.4. The number of hydrogen-bond donors (Lipinski definition) is 0. The minimum Gasteiger partial charge on any atom is -0.371 e. The lowest BCUT2D eigenvalue weighted by atomic mass is 9.85. The highest BCUT2D eigenvalue weighted by Crippen LogP contribution is 2.32. The van der Waals surface area contributed by atoms with Crippen LogP contribution < -0.4 is 4.90 Å². The summed E-state index contributed by atoms with van der Waals surface area (Å²) in [7, 11) is 0. The molecule has 2 nitrogen and oxygen atoms in total. The van der Waals surface area contributed by atoms with Gasteiger partial charge in [-0.1, -0.05) is 26.0 Å². The summed E-state index contributed by atoms with van der Waals surface area (Å²) >= 11 is 0. The molecule has 0 amide bonds. The molecule has 98 valence electrons. The molecule has 0 saturated carbocycles. The quantitative estimate of drug-likeness (QED) is 0.736. The van der Waals surface area contributed by atoms with Crippen LogP contribution in [0.3, 0.4) is 0 Å². The zero-order chi connectivity index (χ0) is 13.2. The summed E-state index contributed by atoms with van der Waals surface area (Å²) in [6.07, 6.45) is 3.67. The van der Waals surface area contributed by atoms with Gasteiger partial charge < -0.3 is 4.90 Å². The van der Waals surface area contributed by atoms with Crippen LogP contribution in [0.5, 0.6) is 0 Å². The molecule has 0 spiro atoms. The van der Waals surface area contributed by atoms with Gasteiger partial charge in [-0.05, 0) is 43.7 Å². The summed E-state index contributed by atoms with van der Waals surface area (Å²) in [4.78, 5) is 14.1. The molecule has 0 aromatic heterocycles. The number of Topliss-reactive ketones (excluding diaryl/α,β-unsaturated/α-hetero) is 1. The fourth-order valence-electron chi connectivity index (χ4n) is 2.71. The first-order valence-corrected chi connectivity index (χ1v) is 6.84. The van der Waals surface area contributed by atoms with Crippen LogP contribution in [0.25, 0.3) is 0 Å². The first-order valence-electron chi connectivity index (χ1n) is 6.84. The van der Waals surface area contributed by atoms with Gasteiger partial charge in [0.05, 0.1) is 0 Å². The van der Waals surface area contributed by atoms with E-state index in [2.05, 4.69) is 24.8 Å². The van der Waals surface area contributed by atoms with Crippen LogP contribution in [0.15, 0.2) is 24.3 Å². The molecule has 0 atom stereocenters. The Kier molecular flexibility index (Phi) is 3.74. The minimum absolute atomic E-state index is 0.161. The van der Waals surface area contributed by atoms with E-state index in [4.69, 9.17) is 0 Å². The second kappa shape index (κ2) is 5.13. The smallest absolute Gasteiger partial charge is 0.161 e. The predicted octanol–water partition coefficient (Wildman–Crippen LogP) is 3.91. The highest BCUT2D eigenvalue weighted by molar-refractivity contribution is 5.99. The summed E-state index contributed by atoms with van der Waals surface area (Å²) in [5.41, 5.74) is 2.40. The van der Waals surface area contributed by atoms with Crippen molar-refractivity contribution in [2.45, 2.75) is 40.0 Å². The topological polar surface area (TPSA) is 20.3 Å². The van der Waals surface area contributed by atoms with E-state index < -0.39 is 0 Å². The molecule has 1 aromatic rings. The fraction of sp³-hybridized carbons (Fsp3) is 0.562. The maximum atomic E-state index is 11.7. The molecule has 1 heterocycles. The van der Waals surface area contributed by atoms with Crippen molar-refractivity contribution in [2.75, 3.05) is 18.0 Å². The Hall–Kier alpha value is -1.31. The lowest BCUT2D eigenvalue weighted by Gasteiger charge is -2.26. The van der Waals surface area contributed by atoms with E-state index in [1.54, 1.807) is 6.92 Å². The van der Waals surface area contributed by atoms with E-state index in [1.807, 2.05) is 18.2 Å². The van der Waals surface area contributed by atoms with Crippen LogP contribution in [0.4, 0.5) is 5.69 Å². The van der Waals surface area contributed by atoms with Crippen LogP contribution in [0, 0.1) is 5.41 Å². The summed E-state index contributed by atoms with van der Waals surface area (Å²) < 4.78 is 0. The molecule has 0 unspecified atom stereocenters. The summed E-state index contributed by atoms with van der Waals surface area (Å²) in [6, 6.07) is 7.99. The van der Waals surface area contributed by atoms with Crippen molar-refractivity contribution in [1.82, 2.24) is 0 Å².